The van der Waals surface area contributed by atoms with Gasteiger partial charge in [0.05, 0.1) is 0 Å². The molecule has 1 atom stereocenters. The molecule has 21 heavy (non-hydrogen) atoms. The quantitative estimate of drug-likeness (QED) is 0.598. The predicted molar refractivity (Wildman–Crippen MR) is 76.7 cm³/mol. The minimum absolute atomic E-state index is 0.0722. The summed E-state index contributed by atoms with van der Waals surface area (Å²) in [5.41, 5.74) is -0.560. The van der Waals surface area contributed by atoms with Crippen LogP contribution in [0.25, 0.3) is 0 Å². The van der Waals surface area contributed by atoms with E-state index in [1.165, 1.54) is 0 Å². The molecule has 0 radical (unpaired) electrons. The van der Waals surface area contributed by atoms with E-state index in [4.69, 9.17) is 9.84 Å². The number of hydrogen-bond acceptors (Lipinski definition) is 4. The number of carbonyl (C=O) groups is 3. The molecule has 1 heterocycles. The van der Waals surface area contributed by atoms with Crippen LogP contribution < -0.4 is 0 Å². The molecule has 6 nitrogen and oxygen atoms in total. The first-order valence-electron chi connectivity index (χ1n) is 7.45. The number of unbranched alkanes of at least 4 members (excludes halogenated alkanes) is 1. The number of esters is 1. The van der Waals surface area contributed by atoms with Crippen molar-refractivity contribution in [3.8, 4) is 0 Å². The fourth-order valence-electron chi connectivity index (χ4n) is 2.38. The number of aliphatic carboxylic acids is 1. The van der Waals surface area contributed by atoms with Crippen molar-refractivity contribution in [1.29, 1.82) is 0 Å². The molecule has 0 aromatic heterocycles. The average molecular weight is 299 g/mol. The van der Waals surface area contributed by atoms with E-state index in [9.17, 15) is 14.4 Å². The third kappa shape index (κ3) is 6.14. The first-order valence-corrected chi connectivity index (χ1v) is 7.45. The summed E-state index contributed by atoms with van der Waals surface area (Å²) in [5.74, 6) is -1.29. The van der Waals surface area contributed by atoms with Gasteiger partial charge in [0.25, 0.3) is 0 Å². The number of rotatable bonds is 6. The summed E-state index contributed by atoms with van der Waals surface area (Å²) in [6.45, 7) is 5.98. The van der Waals surface area contributed by atoms with Crippen molar-refractivity contribution in [2.75, 3.05) is 6.54 Å². The fourth-order valence-corrected chi connectivity index (χ4v) is 2.38. The van der Waals surface area contributed by atoms with Gasteiger partial charge in [-0.2, -0.15) is 0 Å². The molecule has 0 saturated carbocycles. The number of hydrogen-bond donors (Lipinski definition) is 1. The zero-order valence-electron chi connectivity index (χ0n) is 13.1. The van der Waals surface area contributed by atoms with E-state index in [0.717, 1.165) is 6.42 Å². The zero-order valence-corrected chi connectivity index (χ0v) is 13.1. The van der Waals surface area contributed by atoms with Gasteiger partial charge < -0.3 is 14.7 Å². The molecule has 0 unspecified atom stereocenters. The lowest BCUT2D eigenvalue weighted by atomic mass is 10.1. The van der Waals surface area contributed by atoms with E-state index in [-0.39, 0.29) is 24.7 Å². The minimum atomic E-state index is -0.852. The fraction of sp³-hybridized carbons (Fsp3) is 0.800. The lowest BCUT2D eigenvalue weighted by Crippen LogP contribution is -2.43. The third-order valence-corrected chi connectivity index (χ3v) is 3.28. The maximum atomic E-state index is 12.1. The summed E-state index contributed by atoms with van der Waals surface area (Å²) in [6.07, 6.45) is 2.80. The zero-order chi connectivity index (χ0) is 16.0. The first kappa shape index (κ1) is 17.5. The van der Waals surface area contributed by atoms with Gasteiger partial charge in [-0.3, -0.25) is 9.59 Å². The normalized spacial score (nSPS) is 18.6. The van der Waals surface area contributed by atoms with Crippen LogP contribution in [0.5, 0.6) is 0 Å². The summed E-state index contributed by atoms with van der Waals surface area (Å²) >= 11 is 0. The number of carbonyl (C=O) groups excluding carboxylic acids is 2. The molecule has 1 rings (SSSR count). The second kappa shape index (κ2) is 7.43. The highest BCUT2D eigenvalue weighted by atomic mass is 16.6. The van der Waals surface area contributed by atoms with Crippen LogP contribution in [0.3, 0.4) is 0 Å². The van der Waals surface area contributed by atoms with Crippen LogP contribution in [0.1, 0.15) is 59.3 Å². The highest BCUT2D eigenvalue weighted by Crippen LogP contribution is 2.22. The Hall–Kier alpha value is -1.59. The van der Waals surface area contributed by atoms with Crippen molar-refractivity contribution in [2.45, 2.75) is 70.9 Å². The van der Waals surface area contributed by atoms with E-state index >= 15 is 0 Å². The van der Waals surface area contributed by atoms with Crippen LogP contribution in [0.2, 0.25) is 0 Å². The van der Waals surface area contributed by atoms with Crippen LogP contribution in [-0.2, 0) is 19.1 Å². The van der Waals surface area contributed by atoms with Crippen LogP contribution in [0.15, 0.2) is 0 Å². The van der Waals surface area contributed by atoms with E-state index in [1.54, 1.807) is 25.7 Å². The monoisotopic (exact) mass is 299 g/mol. The van der Waals surface area contributed by atoms with Gasteiger partial charge in [0.2, 0.25) is 5.91 Å². The molecule has 0 spiro atoms. The van der Waals surface area contributed by atoms with E-state index in [2.05, 4.69) is 0 Å². The molecule has 1 amide bonds. The molecule has 1 fully saturated rings. The third-order valence-electron chi connectivity index (χ3n) is 3.28. The summed E-state index contributed by atoms with van der Waals surface area (Å²) in [5, 5.41) is 8.56. The Kier molecular flexibility index (Phi) is 6.18. The molecular weight excluding hydrogens is 274 g/mol. The van der Waals surface area contributed by atoms with Crippen molar-refractivity contribution in [3.05, 3.63) is 0 Å². The first-order chi connectivity index (χ1) is 9.70. The van der Waals surface area contributed by atoms with Crippen molar-refractivity contribution in [2.24, 2.45) is 0 Å². The maximum absolute atomic E-state index is 12.1. The van der Waals surface area contributed by atoms with Gasteiger partial charge in [-0.1, -0.05) is 0 Å². The molecule has 0 bridgehead atoms. The van der Waals surface area contributed by atoms with E-state index < -0.39 is 17.6 Å². The Bertz CT molecular complexity index is 399. The maximum Gasteiger partial charge on any atom is 0.329 e. The van der Waals surface area contributed by atoms with E-state index in [1.807, 2.05) is 0 Å². The molecule has 1 aliphatic heterocycles. The predicted octanol–water partition coefficient (Wildman–Crippen LogP) is 1.96. The van der Waals surface area contributed by atoms with Crippen molar-refractivity contribution < 1.29 is 24.2 Å². The molecule has 1 N–H and O–H groups in total. The topological polar surface area (TPSA) is 83.9 Å². The molecular formula is C15H25NO5. The molecule has 0 aromatic carbocycles. The van der Waals surface area contributed by atoms with Gasteiger partial charge in [0, 0.05) is 19.4 Å². The van der Waals surface area contributed by atoms with Crippen molar-refractivity contribution in [3.63, 3.8) is 0 Å². The molecule has 1 aliphatic rings. The van der Waals surface area contributed by atoms with Gasteiger partial charge >= 0.3 is 11.9 Å². The second-order valence-corrected chi connectivity index (χ2v) is 6.38. The average Bonchev–Trinajstić information content (AvgIpc) is 2.81. The lowest BCUT2D eigenvalue weighted by molar-refractivity contribution is -0.163. The van der Waals surface area contributed by atoms with Gasteiger partial charge in [0.15, 0.2) is 0 Å². The molecule has 0 aliphatic carbocycles. The van der Waals surface area contributed by atoms with Crippen LogP contribution in [0, 0.1) is 0 Å². The number of likely N-dealkylation sites (tertiary alicyclic amines) is 1. The highest BCUT2D eigenvalue weighted by Gasteiger charge is 2.36. The number of carboxylic acids is 1. The molecule has 1 saturated heterocycles. The summed E-state index contributed by atoms with van der Waals surface area (Å²) in [6, 6.07) is -0.490. The summed E-state index contributed by atoms with van der Waals surface area (Å²) in [7, 11) is 0. The molecule has 0 aromatic rings. The standard InChI is InChI=1S/C15H25NO5/c1-15(2,3)21-14(20)11-7-6-10-16(11)12(17)8-4-5-9-13(18)19/h11H,4-10H2,1-3H3,(H,18,19)/t11-/m1/s1. The number of amides is 1. The van der Waals surface area contributed by atoms with Gasteiger partial charge in [-0.25, -0.2) is 4.79 Å². The lowest BCUT2D eigenvalue weighted by Gasteiger charge is -2.27. The van der Waals surface area contributed by atoms with Crippen LogP contribution in [0.4, 0.5) is 0 Å². The number of carboxylic acid groups (broad SMARTS) is 1. The largest absolute Gasteiger partial charge is 0.481 e. The SMILES string of the molecule is CC(C)(C)OC(=O)[C@H]1CCCN1C(=O)CCCCC(=O)O. The Morgan fingerprint density at radius 1 is 1.19 bits per heavy atom. The summed E-state index contributed by atoms with van der Waals surface area (Å²) < 4.78 is 5.35. The molecule has 120 valence electrons. The Balaban J connectivity index is 2.46. The van der Waals surface area contributed by atoms with Crippen molar-refractivity contribution in [1.82, 2.24) is 4.90 Å². The Labute approximate surface area is 125 Å². The van der Waals surface area contributed by atoms with E-state index in [0.29, 0.717) is 25.8 Å². The summed E-state index contributed by atoms with van der Waals surface area (Å²) in [4.78, 5) is 36.2. The molecule has 6 heteroatoms. The Morgan fingerprint density at radius 3 is 2.38 bits per heavy atom. The second-order valence-electron chi connectivity index (χ2n) is 6.38. The number of ether oxygens (including phenoxy) is 1. The van der Waals surface area contributed by atoms with Crippen LogP contribution in [-0.4, -0.2) is 46.0 Å². The van der Waals surface area contributed by atoms with Gasteiger partial charge in [-0.05, 0) is 46.5 Å². The minimum Gasteiger partial charge on any atom is -0.481 e. The highest BCUT2D eigenvalue weighted by molar-refractivity contribution is 5.85. The number of nitrogens with zero attached hydrogens (tertiary/aromatic N) is 1. The smallest absolute Gasteiger partial charge is 0.329 e. The van der Waals surface area contributed by atoms with Crippen LogP contribution >= 0.6 is 0 Å². The van der Waals surface area contributed by atoms with Crippen molar-refractivity contribution >= 4 is 17.8 Å². The van der Waals surface area contributed by atoms with Gasteiger partial charge in [-0.15, -0.1) is 0 Å². The van der Waals surface area contributed by atoms with Gasteiger partial charge in [0.1, 0.15) is 11.6 Å². The Morgan fingerprint density at radius 2 is 1.81 bits per heavy atom.